The summed E-state index contributed by atoms with van der Waals surface area (Å²) in [5.74, 6) is 2.53. The average Bonchev–Trinajstić information content (AvgIpc) is 3.60. The van der Waals surface area contributed by atoms with E-state index in [0.717, 1.165) is 61.2 Å². The molecule has 0 aromatic heterocycles. The first-order valence-corrected chi connectivity index (χ1v) is 27.6. The van der Waals surface area contributed by atoms with Crippen LogP contribution in [0, 0.1) is 24.7 Å². The second kappa shape index (κ2) is 37.3. The Morgan fingerprint density at radius 2 is 1.17 bits per heavy atom. The number of hydrogen-bond acceptors (Lipinski definition) is 2. The molecule has 1 saturated heterocycles. The number of likely N-dealkylation sites (tertiary alicyclic amines) is 1. The fourth-order valence-corrected chi connectivity index (χ4v) is 7.54. The summed E-state index contributed by atoms with van der Waals surface area (Å²) in [5.41, 5.74) is 13.7. The number of unbranched alkanes of at least 4 members (excludes halogenated alkanes) is 2. The number of likely N-dealkylation sites (N-methyl/N-ethyl adjacent to an activating group) is 1. The largest absolute Gasteiger partial charge is 0.295 e. The number of hydrogen-bond donors (Lipinski definition) is 0. The molecule has 0 radical (unpaired) electrons. The first-order valence-electron chi connectivity index (χ1n) is 27.6. The zero-order chi connectivity index (χ0) is 51.6. The number of carbonyl (C=O) groups excluding carboxylic acids is 1. The van der Waals surface area contributed by atoms with E-state index in [4.69, 9.17) is 0 Å². The van der Waals surface area contributed by atoms with Gasteiger partial charge in [-0.1, -0.05) is 269 Å². The summed E-state index contributed by atoms with van der Waals surface area (Å²) < 4.78 is 0. The molecule has 0 spiro atoms. The Labute approximate surface area is 427 Å². The number of piperidine rings is 1. The minimum Gasteiger partial charge on any atom is -0.295 e. The van der Waals surface area contributed by atoms with Gasteiger partial charge in [-0.3, -0.25) is 9.69 Å². The van der Waals surface area contributed by atoms with Gasteiger partial charge in [0.05, 0.1) is 0 Å². The second-order valence-electron chi connectivity index (χ2n) is 19.9. The van der Waals surface area contributed by atoms with E-state index in [1.54, 1.807) is 5.57 Å². The number of carbonyl (C=O) groups is 1. The lowest BCUT2D eigenvalue weighted by atomic mass is 9.86. The van der Waals surface area contributed by atoms with Crippen molar-refractivity contribution in [2.24, 2.45) is 17.8 Å². The molecule has 0 N–H and O–H groups in total. The summed E-state index contributed by atoms with van der Waals surface area (Å²) in [6, 6.07) is 26.2. The van der Waals surface area contributed by atoms with Crippen LogP contribution in [0.25, 0.3) is 18.2 Å². The van der Waals surface area contributed by atoms with Gasteiger partial charge in [-0.05, 0) is 120 Å². The van der Waals surface area contributed by atoms with Gasteiger partial charge in [0.15, 0.2) is 5.78 Å². The van der Waals surface area contributed by atoms with E-state index in [1.165, 1.54) is 84.8 Å². The van der Waals surface area contributed by atoms with Gasteiger partial charge in [-0.2, -0.15) is 0 Å². The van der Waals surface area contributed by atoms with Crippen molar-refractivity contribution in [2.45, 2.75) is 187 Å². The van der Waals surface area contributed by atoms with E-state index in [2.05, 4.69) is 237 Å². The maximum Gasteiger partial charge on any atom is 0.187 e. The van der Waals surface area contributed by atoms with Crippen molar-refractivity contribution < 1.29 is 4.79 Å². The number of rotatable bonds is 17. The van der Waals surface area contributed by atoms with Gasteiger partial charge in [-0.15, -0.1) is 0 Å². The lowest BCUT2D eigenvalue weighted by Gasteiger charge is -2.28. The molecular weight excluding hydrogens is 835 g/mol. The maximum atomic E-state index is 13.1. The Kier molecular flexibility index (Phi) is 33.8. The molecule has 0 amide bonds. The van der Waals surface area contributed by atoms with Crippen LogP contribution in [0.4, 0.5) is 0 Å². The first-order chi connectivity index (χ1) is 33.2. The van der Waals surface area contributed by atoms with Crippen molar-refractivity contribution in [1.29, 1.82) is 0 Å². The molecule has 1 fully saturated rings. The summed E-state index contributed by atoms with van der Waals surface area (Å²) in [6.07, 6.45) is 33.8. The molecule has 2 heteroatoms. The molecule has 1 aliphatic carbocycles. The molecule has 2 aliphatic rings. The Balaban J connectivity index is 0.000000580. The van der Waals surface area contributed by atoms with Crippen molar-refractivity contribution in [3.8, 4) is 0 Å². The van der Waals surface area contributed by atoms with E-state index in [0.29, 0.717) is 23.7 Å². The van der Waals surface area contributed by atoms with Crippen LogP contribution in [0.15, 0.2) is 137 Å². The van der Waals surface area contributed by atoms with Gasteiger partial charge < -0.3 is 0 Å². The van der Waals surface area contributed by atoms with Crippen molar-refractivity contribution in [2.75, 3.05) is 19.6 Å². The molecule has 3 aromatic rings. The molecule has 69 heavy (non-hydrogen) atoms. The van der Waals surface area contributed by atoms with E-state index >= 15 is 0 Å². The third kappa shape index (κ3) is 25.8. The smallest absolute Gasteiger partial charge is 0.187 e. The summed E-state index contributed by atoms with van der Waals surface area (Å²) in [7, 11) is 0. The number of allylic oxidation sites excluding steroid dienone is 9. The standard InChI is InChI=1S/C31H44.C26H31NO.C4H10.2C3H8/c1-8-25(7)21-31(22-27-15-19-30(20-16-27)24(5)6)28(9-2)17-13-26-11-10-12-29(18-14-26)23(3)4;1-4-6-7-21-12-14-23(15-13-21)17-25-19-27(5-2)18-24(26(25)28)16-22-10-8-20(3)9-11-22;1-3-4-2;2*1-3-2/h10,12-20,22-25,28H,8-9,11,21H2,1-7H3;8-17H,4-7,18-19H2,1-3H3;3-4H2,1-2H3;2*3H2,1-2H3/b17-13+,31-22+;24-16+,25-17+;;;. The van der Waals surface area contributed by atoms with E-state index in [1.807, 2.05) is 6.08 Å². The highest BCUT2D eigenvalue weighted by atomic mass is 16.1. The number of nitrogens with zero attached hydrogens (tertiary/aromatic N) is 1. The van der Waals surface area contributed by atoms with Crippen LogP contribution in [-0.2, 0) is 11.2 Å². The van der Waals surface area contributed by atoms with Crippen LogP contribution in [0.3, 0.4) is 0 Å². The molecule has 3 aromatic carbocycles. The lowest BCUT2D eigenvalue weighted by Crippen LogP contribution is -2.37. The highest BCUT2D eigenvalue weighted by molar-refractivity contribution is 6.14. The Bertz CT molecular complexity index is 2040. The average molecular weight is 937 g/mol. The fourth-order valence-electron chi connectivity index (χ4n) is 7.54. The highest BCUT2D eigenvalue weighted by Gasteiger charge is 2.25. The Hall–Kier alpha value is -4.53. The van der Waals surface area contributed by atoms with Crippen LogP contribution in [0.2, 0.25) is 0 Å². The van der Waals surface area contributed by atoms with Crippen molar-refractivity contribution in [3.05, 3.63) is 170 Å². The van der Waals surface area contributed by atoms with E-state index < -0.39 is 0 Å². The third-order valence-corrected chi connectivity index (χ3v) is 12.4. The third-order valence-electron chi connectivity index (χ3n) is 12.4. The number of Topliss-reactive ketones (excluding diaryl/α,β-unsaturated/α-hetero) is 1. The summed E-state index contributed by atoms with van der Waals surface area (Å²) in [5, 5.41) is 0. The maximum absolute atomic E-state index is 13.1. The predicted octanol–water partition coefficient (Wildman–Crippen LogP) is 20.0. The number of benzene rings is 3. The highest BCUT2D eigenvalue weighted by Crippen LogP contribution is 2.30. The van der Waals surface area contributed by atoms with Crippen molar-refractivity contribution in [3.63, 3.8) is 0 Å². The van der Waals surface area contributed by atoms with Gasteiger partial charge in [0.1, 0.15) is 0 Å². The van der Waals surface area contributed by atoms with Crippen LogP contribution >= 0.6 is 0 Å². The zero-order valence-corrected chi connectivity index (χ0v) is 47.2. The van der Waals surface area contributed by atoms with Gasteiger partial charge in [0.25, 0.3) is 0 Å². The number of aryl methyl sites for hydroxylation is 2. The summed E-state index contributed by atoms with van der Waals surface area (Å²) in [4.78, 5) is 15.4. The summed E-state index contributed by atoms with van der Waals surface area (Å²) in [6.45, 7) is 37.7. The molecule has 5 rings (SSSR count). The second-order valence-corrected chi connectivity index (χ2v) is 19.9. The van der Waals surface area contributed by atoms with Gasteiger partial charge >= 0.3 is 0 Å². The van der Waals surface area contributed by atoms with Crippen molar-refractivity contribution in [1.82, 2.24) is 4.90 Å². The Morgan fingerprint density at radius 1 is 0.638 bits per heavy atom. The molecule has 380 valence electrons. The first kappa shape index (κ1) is 62.5. The minimum absolute atomic E-state index is 0.181. The molecule has 2 nitrogen and oxygen atoms in total. The summed E-state index contributed by atoms with van der Waals surface area (Å²) >= 11 is 0. The van der Waals surface area contributed by atoms with Gasteiger partial charge in [0, 0.05) is 24.2 Å². The monoisotopic (exact) mass is 936 g/mol. The van der Waals surface area contributed by atoms with Crippen LogP contribution < -0.4 is 0 Å². The fraction of sp³-hybridized carbons (Fsp3) is 0.507. The molecule has 0 bridgehead atoms. The van der Waals surface area contributed by atoms with Gasteiger partial charge in [-0.25, -0.2) is 0 Å². The normalized spacial score (nSPS) is 16.0. The predicted molar refractivity (Wildman–Crippen MR) is 312 cm³/mol. The van der Waals surface area contributed by atoms with Crippen LogP contribution in [-0.4, -0.2) is 30.3 Å². The minimum atomic E-state index is 0.181. The lowest BCUT2D eigenvalue weighted by molar-refractivity contribution is -0.113. The topological polar surface area (TPSA) is 20.3 Å². The van der Waals surface area contributed by atoms with Crippen molar-refractivity contribution >= 4 is 24.0 Å². The molecular formula is C67H101NO. The Morgan fingerprint density at radius 3 is 1.64 bits per heavy atom. The molecule has 2 unspecified atom stereocenters. The molecule has 0 saturated carbocycles. The number of ketones is 1. The molecule has 1 heterocycles. The van der Waals surface area contributed by atoms with E-state index in [9.17, 15) is 4.79 Å². The SMILES string of the molecule is CCC.CCC.CCC(C)C/C(=C\c1ccc(C(C)C)cc1)C(/C=C/C1=CC=C(C(C)C)C=CC1)CC.CCCC.CCCCc1ccc(/C=C2\CN(CC)C/C(=C\c3ccc(C)cc3)C2=O)cc1. The van der Waals surface area contributed by atoms with Gasteiger partial charge in [0.2, 0.25) is 0 Å². The van der Waals surface area contributed by atoms with E-state index in [-0.39, 0.29) is 5.78 Å². The van der Waals surface area contributed by atoms with Crippen LogP contribution in [0.1, 0.15) is 207 Å². The molecule has 2 atom stereocenters. The quantitative estimate of drug-likeness (QED) is 0.126. The van der Waals surface area contributed by atoms with Crippen LogP contribution in [0.5, 0.6) is 0 Å². The molecule has 1 aliphatic heterocycles. The zero-order valence-electron chi connectivity index (χ0n) is 47.2.